The van der Waals surface area contributed by atoms with E-state index in [-0.39, 0.29) is 6.10 Å². The topological polar surface area (TPSA) is 20.2 Å². The molecule has 1 fully saturated rings. The van der Waals surface area contributed by atoms with Crippen LogP contribution in [0.2, 0.25) is 0 Å². The van der Waals surface area contributed by atoms with Gasteiger partial charge in [-0.2, -0.15) is 0 Å². The maximum Gasteiger partial charge on any atom is 0.0591 e. The Bertz CT molecular complexity index is 151. The molecule has 0 saturated heterocycles. The van der Waals surface area contributed by atoms with Crippen LogP contribution in [0.1, 0.15) is 47.0 Å². The molecule has 1 aliphatic rings. The van der Waals surface area contributed by atoms with Gasteiger partial charge in [0.05, 0.1) is 6.10 Å². The number of rotatable bonds is 3. The second-order valence-electron chi connectivity index (χ2n) is 5.31. The molecule has 0 aromatic heterocycles. The van der Waals surface area contributed by atoms with Gasteiger partial charge in [-0.15, -0.1) is 0 Å². The van der Waals surface area contributed by atoms with Crippen LogP contribution in [0.3, 0.4) is 0 Å². The second-order valence-corrected chi connectivity index (χ2v) is 5.31. The Balaban J connectivity index is 2.40. The molecule has 0 amide bonds. The largest absolute Gasteiger partial charge is 0.393 e. The third-order valence-corrected chi connectivity index (χ3v) is 3.62. The van der Waals surface area contributed by atoms with Crippen LogP contribution in [0.5, 0.6) is 0 Å². The fraction of sp³-hybridized carbons (Fsp3) is 1.00. The van der Waals surface area contributed by atoms with Gasteiger partial charge in [0.25, 0.3) is 0 Å². The highest BCUT2D eigenvalue weighted by molar-refractivity contribution is 4.82. The monoisotopic (exact) mass is 184 g/mol. The van der Waals surface area contributed by atoms with Crippen molar-refractivity contribution >= 4 is 0 Å². The zero-order valence-corrected chi connectivity index (χ0v) is 9.46. The summed E-state index contributed by atoms with van der Waals surface area (Å²) in [5.41, 5.74) is 0. The molecule has 0 aromatic rings. The van der Waals surface area contributed by atoms with Gasteiger partial charge in [0.2, 0.25) is 0 Å². The van der Waals surface area contributed by atoms with E-state index in [1.54, 1.807) is 0 Å². The highest BCUT2D eigenvalue weighted by Crippen LogP contribution is 2.38. The van der Waals surface area contributed by atoms with Crippen molar-refractivity contribution in [3.05, 3.63) is 0 Å². The van der Waals surface area contributed by atoms with Crippen molar-refractivity contribution in [2.45, 2.75) is 53.1 Å². The van der Waals surface area contributed by atoms with Gasteiger partial charge >= 0.3 is 0 Å². The van der Waals surface area contributed by atoms with E-state index in [0.717, 1.165) is 11.8 Å². The van der Waals surface area contributed by atoms with E-state index in [0.29, 0.717) is 11.8 Å². The Kier molecular flexibility index (Phi) is 3.78. The molecule has 1 N–H and O–H groups in total. The lowest BCUT2D eigenvalue weighted by Crippen LogP contribution is -2.24. The zero-order valence-electron chi connectivity index (χ0n) is 9.46. The molecule has 1 nitrogen and oxygen atoms in total. The molecule has 0 bridgehead atoms. The summed E-state index contributed by atoms with van der Waals surface area (Å²) in [6.07, 6.45) is 3.74. The summed E-state index contributed by atoms with van der Waals surface area (Å²) >= 11 is 0. The normalized spacial score (nSPS) is 31.6. The van der Waals surface area contributed by atoms with Gasteiger partial charge < -0.3 is 5.11 Å². The van der Waals surface area contributed by atoms with Crippen LogP contribution < -0.4 is 0 Å². The first-order valence-electron chi connectivity index (χ1n) is 5.70. The summed E-state index contributed by atoms with van der Waals surface area (Å²) in [6, 6.07) is 0. The van der Waals surface area contributed by atoms with Gasteiger partial charge in [0.15, 0.2) is 0 Å². The van der Waals surface area contributed by atoms with Crippen molar-refractivity contribution in [3.8, 4) is 0 Å². The molecule has 1 unspecified atom stereocenters. The highest BCUT2D eigenvalue weighted by Gasteiger charge is 2.32. The molecule has 1 heteroatoms. The summed E-state index contributed by atoms with van der Waals surface area (Å²) in [7, 11) is 0. The minimum atomic E-state index is -0.0660. The molecule has 13 heavy (non-hydrogen) atoms. The molecule has 3 atom stereocenters. The van der Waals surface area contributed by atoms with E-state index in [2.05, 4.69) is 27.7 Å². The van der Waals surface area contributed by atoms with Crippen molar-refractivity contribution < 1.29 is 5.11 Å². The number of aliphatic hydroxyl groups excluding tert-OH is 1. The molecule has 0 aromatic carbocycles. The number of aliphatic hydroxyl groups is 1. The van der Waals surface area contributed by atoms with Gasteiger partial charge in [0.1, 0.15) is 0 Å². The van der Waals surface area contributed by atoms with E-state index in [1.807, 2.05) is 0 Å². The quantitative estimate of drug-likeness (QED) is 0.714. The van der Waals surface area contributed by atoms with Crippen molar-refractivity contribution in [2.24, 2.45) is 23.7 Å². The van der Waals surface area contributed by atoms with E-state index in [1.165, 1.54) is 19.3 Å². The van der Waals surface area contributed by atoms with Gasteiger partial charge in [-0.25, -0.2) is 0 Å². The average Bonchev–Trinajstić information content (AvgIpc) is 2.50. The maximum atomic E-state index is 9.93. The van der Waals surface area contributed by atoms with Crippen LogP contribution in [-0.4, -0.2) is 11.2 Å². The van der Waals surface area contributed by atoms with Crippen LogP contribution in [-0.2, 0) is 0 Å². The summed E-state index contributed by atoms with van der Waals surface area (Å²) < 4.78 is 0. The standard InChI is InChI=1S/C12H24O/c1-8(2)10-5-6-11(7-10)12(13)9(3)4/h8-13H,5-7H2,1-4H3/t10?,11-,12+/m0/s1. The third kappa shape index (κ3) is 2.70. The predicted molar refractivity (Wildman–Crippen MR) is 56.5 cm³/mol. The first kappa shape index (κ1) is 11.0. The molecule has 78 valence electrons. The molecular weight excluding hydrogens is 160 g/mol. The third-order valence-electron chi connectivity index (χ3n) is 3.62. The van der Waals surface area contributed by atoms with Crippen LogP contribution in [0.25, 0.3) is 0 Å². The summed E-state index contributed by atoms with van der Waals surface area (Å²) in [5.74, 6) is 2.66. The van der Waals surface area contributed by atoms with E-state index in [4.69, 9.17) is 0 Å². The van der Waals surface area contributed by atoms with Gasteiger partial charge in [0, 0.05) is 0 Å². The first-order valence-corrected chi connectivity index (χ1v) is 5.70. The van der Waals surface area contributed by atoms with Crippen molar-refractivity contribution in [2.75, 3.05) is 0 Å². The van der Waals surface area contributed by atoms with Gasteiger partial charge in [-0.05, 0) is 42.9 Å². The highest BCUT2D eigenvalue weighted by atomic mass is 16.3. The summed E-state index contributed by atoms with van der Waals surface area (Å²) in [4.78, 5) is 0. The Hall–Kier alpha value is -0.0400. The van der Waals surface area contributed by atoms with E-state index >= 15 is 0 Å². The zero-order chi connectivity index (χ0) is 10.0. The second kappa shape index (κ2) is 4.45. The minimum absolute atomic E-state index is 0.0660. The van der Waals surface area contributed by atoms with Crippen LogP contribution in [0.15, 0.2) is 0 Å². The van der Waals surface area contributed by atoms with Crippen LogP contribution >= 0.6 is 0 Å². The van der Waals surface area contributed by atoms with Crippen molar-refractivity contribution in [1.82, 2.24) is 0 Å². The van der Waals surface area contributed by atoms with Gasteiger partial charge in [-0.3, -0.25) is 0 Å². The van der Waals surface area contributed by atoms with Crippen LogP contribution in [0.4, 0.5) is 0 Å². The SMILES string of the molecule is CC(C)C1CC[C@H]([C@H](O)C(C)C)C1. The molecule has 1 saturated carbocycles. The molecule has 0 aliphatic heterocycles. The Labute approximate surface area is 82.5 Å². The van der Waals surface area contributed by atoms with Crippen molar-refractivity contribution in [3.63, 3.8) is 0 Å². The number of hydrogen-bond acceptors (Lipinski definition) is 1. The molecular formula is C12H24O. The minimum Gasteiger partial charge on any atom is -0.393 e. The lowest BCUT2D eigenvalue weighted by atomic mass is 9.88. The summed E-state index contributed by atoms with van der Waals surface area (Å²) in [5, 5.41) is 9.93. The Morgan fingerprint density at radius 2 is 1.54 bits per heavy atom. The number of hydrogen-bond donors (Lipinski definition) is 1. The fourth-order valence-corrected chi connectivity index (χ4v) is 2.51. The Morgan fingerprint density at radius 1 is 1.00 bits per heavy atom. The lowest BCUT2D eigenvalue weighted by molar-refractivity contribution is 0.0643. The fourth-order valence-electron chi connectivity index (χ4n) is 2.51. The van der Waals surface area contributed by atoms with Crippen LogP contribution in [0, 0.1) is 23.7 Å². The Morgan fingerprint density at radius 3 is 1.92 bits per heavy atom. The van der Waals surface area contributed by atoms with E-state index < -0.39 is 0 Å². The average molecular weight is 184 g/mol. The molecule has 0 heterocycles. The first-order chi connectivity index (χ1) is 6.02. The molecule has 0 spiro atoms. The maximum absolute atomic E-state index is 9.93. The van der Waals surface area contributed by atoms with E-state index in [9.17, 15) is 5.11 Å². The van der Waals surface area contributed by atoms with Gasteiger partial charge in [-0.1, -0.05) is 27.7 Å². The summed E-state index contributed by atoms with van der Waals surface area (Å²) in [6.45, 7) is 8.84. The lowest BCUT2D eigenvalue weighted by Gasteiger charge is -2.22. The molecule has 1 aliphatic carbocycles. The predicted octanol–water partition coefficient (Wildman–Crippen LogP) is 3.08. The molecule has 0 radical (unpaired) electrons. The van der Waals surface area contributed by atoms with Crippen molar-refractivity contribution in [1.29, 1.82) is 0 Å². The smallest absolute Gasteiger partial charge is 0.0591 e. The molecule has 1 rings (SSSR count).